The molecule has 3 aliphatic rings. The van der Waals surface area contributed by atoms with Gasteiger partial charge in [-0.1, -0.05) is 43.2 Å². The third-order valence-electron chi connectivity index (χ3n) is 7.96. The average Bonchev–Trinajstić information content (AvgIpc) is 3.49. The van der Waals surface area contributed by atoms with E-state index in [1.807, 2.05) is 36.4 Å². The minimum atomic E-state index is -0.629. The van der Waals surface area contributed by atoms with E-state index in [4.69, 9.17) is 4.74 Å². The minimum absolute atomic E-state index is 0.0237. The highest BCUT2D eigenvalue weighted by atomic mass is 16.5. The molecular weight excluding hydrogens is 524 g/mol. The predicted molar refractivity (Wildman–Crippen MR) is 149 cm³/mol. The fraction of sp³-hybridized carbons (Fsp3) is 0.452. The number of imide groups is 1. The molecule has 0 spiro atoms. The first kappa shape index (κ1) is 28.3. The van der Waals surface area contributed by atoms with Crippen LogP contribution in [0.3, 0.4) is 0 Å². The third-order valence-corrected chi connectivity index (χ3v) is 7.96. The molecule has 0 aromatic heterocycles. The van der Waals surface area contributed by atoms with Gasteiger partial charge in [0.05, 0.1) is 6.61 Å². The molecule has 5 rings (SSSR count). The lowest BCUT2D eigenvalue weighted by Gasteiger charge is -2.29. The fourth-order valence-electron chi connectivity index (χ4n) is 5.73. The highest BCUT2D eigenvalue weighted by molar-refractivity contribution is 6.05. The number of ether oxygens (including phenoxy) is 1. The van der Waals surface area contributed by atoms with Crippen LogP contribution in [0.15, 0.2) is 48.5 Å². The second kappa shape index (κ2) is 13.0. The number of unbranched alkanes of at least 4 members (excludes halogenated alkanes) is 3. The predicted octanol–water partition coefficient (Wildman–Crippen LogP) is 2.69. The monoisotopic (exact) mass is 560 g/mol. The molecule has 2 aromatic carbocycles. The van der Waals surface area contributed by atoms with Gasteiger partial charge >= 0.3 is 0 Å². The Morgan fingerprint density at radius 1 is 0.951 bits per heavy atom. The molecule has 3 heterocycles. The van der Waals surface area contributed by atoms with Crippen molar-refractivity contribution in [3.05, 3.63) is 65.2 Å². The van der Waals surface area contributed by atoms with Gasteiger partial charge in [-0.25, -0.2) is 0 Å². The van der Waals surface area contributed by atoms with Gasteiger partial charge in [0.15, 0.2) is 0 Å². The number of likely N-dealkylation sites (tertiary alicyclic amines) is 1. The van der Waals surface area contributed by atoms with Crippen LogP contribution >= 0.6 is 0 Å². The summed E-state index contributed by atoms with van der Waals surface area (Å²) in [6, 6.07) is 14.1. The van der Waals surface area contributed by atoms with Crippen LogP contribution in [0.2, 0.25) is 0 Å². The van der Waals surface area contributed by atoms with Gasteiger partial charge in [-0.2, -0.15) is 0 Å². The smallest absolute Gasteiger partial charge is 0.255 e. The van der Waals surface area contributed by atoms with Crippen LogP contribution in [-0.4, -0.2) is 64.6 Å². The van der Waals surface area contributed by atoms with Crippen LogP contribution in [0.1, 0.15) is 72.9 Å². The molecule has 2 atom stereocenters. The maximum absolute atomic E-state index is 12.8. The number of fused-ring (bicyclic) bond motifs is 1. The van der Waals surface area contributed by atoms with Crippen molar-refractivity contribution >= 4 is 29.5 Å². The summed E-state index contributed by atoms with van der Waals surface area (Å²) in [6.45, 7) is 1.89. The van der Waals surface area contributed by atoms with Crippen molar-refractivity contribution in [2.75, 3.05) is 13.2 Å². The maximum Gasteiger partial charge on any atom is 0.255 e. The summed E-state index contributed by atoms with van der Waals surface area (Å²) < 4.78 is 5.90. The molecule has 10 heteroatoms. The summed E-state index contributed by atoms with van der Waals surface area (Å²) >= 11 is 0. The normalized spacial score (nSPS) is 20.3. The lowest BCUT2D eigenvalue weighted by molar-refractivity contribution is -0.137. The first-order chi connectivity index (χ1) is 19.9. The molecule has 2 aromatic rings. The summed E-state index contributed by atoms with van der Waals surface area (Å²) in [5.74, 6) is -0.297. The zero-order chi connectivity index (χ0) is 28.8. The second-order valence-electron chi connectivity index (χ2n) is 10.8. The van der Waals surface area contributed by atoms with Crippen molar-refractivity contribution in [2.24, 2.45) is 0 Å². The Hall–Kier alpha value is -4.21. The molecule has 0 saturated carbocycles. The number of piperidine rings is 1. The topological polar surface area (TPSA) is 125 Å². The van der Waals surface area contributed by atoms with Gasteiger partial charge in [0, 0.05) is 38.0 Å². The Morgan fingerprint density at radius 3 is 2.56 bits per heavy atom. The molecule has 2 N–H and O–H groups in total. The largest absolute Gasteiger partial charge is 0.494 e. The zero-order valence-electron chi connectivity index (χ0n) is 23.1. The molecule has 3 aliphatic heterocycles. The van der Waals surface area contributed by atoms with Gasteiger partial charge < -0.3 is 19.9 Å². The number of carbonyl (C=O) groups is 5. The Bertz CT molecular complexity index is 1310. The van der Waals surface area contributed by atoms with Gasteiger partial charge in [0.2, 0.25) is 23.6 Å². The lowest BCUT2D eigenvalue weighted by Crippen LogP contribution is -2.52. The van der Waals surface area contributed by atoms with E-state index in [0.29, 0.717) is 56.8 Å². The zero-order valence-corrected chi connectivity index (χ0v) is 23.1. The number of benzene rings is 2. The van der Waals surface area contributed by atoms with Crippen LogP contribution in [0.5, 0.6) is 5.75 Å². The van der Waals surface area contributed by atoms with Gasteiger partial charge in [-0.3, -0.25) is 29.3 Å². The number of rotatable bonds is 12. The standard InChI is InChI=1S/C31H36N4O6/c36-27-14-12-26(30(39)33-27)35-20-22-18-23(10-11-24(22)31(35)40)41-17-7-2-1-6-16-32-29(38)25-13-15-28(37)34(25)19-21-8-4-3-5-9-21/h3-5,8-11,18,25-26H,1-2,6-7,12-17,19-20H2,(H,32,38)(H,33,36,39)/t25-,26?/m0/s1. The SMILES string of the molecule is O=C1CCC(N2Cc3cc(OCCCCCCNC(=O)[C@@H]4CCC(=O)N4Cc4ccccc4)ccc3C2=O)C(=O)N1. The lowest BCUT2D eigenvalue weighted by atomic mass is 10.0. The first-order valence-electron chi connectivity index (χ1n) is 14.4. The van der Waals surface area contributed by atoms with Crippen LogP contribution in [0, 0.1) is 0 Å². The van der Waals surface area contributed by atoms with E-state index in [0.717, 1.165) is 36.8 Å². The number of hydrogen-bond acceptors (Lipinski definition) is 6. The van der Waals surface area contributed by atoms with Gasteiger partial charge in [0.1, 0.15) is 17.8 Å². The molecule has 1 unspecified atom stereocenters. The summed E-state index contributed by atoms with van der Waals surface area (Å²) in [7, 11) is 0. The van der Waals surface area contributed by atoms with Crippen molar-refractivity contribution in [1.82, 2.24) is 20.4 Å². The van der Waals surface area contributed by atoms with Crippen LogP contribution in [-0.2, 0) is 32.3 Å². The van der Waals surface area contributed by atoms with Crippen molar-refractivity contribution in [1.29, 1.82) is 0 Å². The summed E-state index contributed by atoms with van der Waals surface area (Å²) in [5.41, 5.74) is 2.40. The van der Waals surface area contributed by atoms with E-state index < -0.39 is 18.0 Å². The number of hydrogen-bond donors (Lipinski definition) is 2. The minimum Gasteiger partial charge on any atom is -0.494 e. The highest BCUT2D eigenvalue weighted by Crippen LogP contribution is 2.30. The van der Waals surface area contributed by atoms with E-state index >= 15 is 0 Å². The molecule has 5 amide bonds. The first-order valence-corrected chi connectivity index (χ1v) is 14.4. The molecular formula is C31H36N4O6. The molecule has 0 aliphatic carbocycles. The average molecular weight is 561 g/mol. The molecule has 10 nitrogen and oxygen atoms in total. The van der Waals surface area contributed by atoms with Crippen LogP contribution < -0.4 is 15.4 Å². The Balaban J connectivity index is 0.979. The third kappa shape index (κ3) is 6.75. The Labute approximate surface area is 239 Å². The molecule has 2 fully saturated rings. The van der Waals surface area contributed by atoms with Gasteiger partial charge in [0.25, 0.3) is 5.91 Å². The quantitative estimate of drug-likeness (QED) is 0.304. The van der Waals surface area contributed by atoms with Crippen LogP contribution in [0.25, 0.3) is 0 Å². The van der Waals surface area contributed by atoms with Crippen molar-refractivity contribution < 1.29 is 28.7 Å². The van der Waals surface area contributed by atoms with Crippen molar-refractivity contribution in [3.63, 3.8) is 0 Å². The van der Waals surface area contributed by atoms with Gasteiger partial charge in [-0.15, -0.1) is 0 Å². The van der Waals surface area contributed by atoms with E-state index in [9.17, 15) is 24.0 Å². The molecule has 2 saturated heterocycles. The summed E-state index contributed by atoms with van der Waals surface area (Å²) in [6.07, 6.45) is 5.13. The van der Waals surface area contributed by atoms with E-state index in [-0.39, 0.29) is 30.0 Å². The van der Waals surface area contributed by atoms with Crippen molar-refractivity contribution in [3.8, 4) is 5.75 Å². The summed E-state index contributed by atoms with van der Waals surface area (Å²) in [5, 5.41) is 5.32. The Morgan fingerprint density at radius 2 is 1.76 bits per heavy atom. The Kier molecular flexibility index (Phi) is 8.96. The van der Waals surface area contributed by atoms with E-state index in [2.05, 4.69) is 10.6 Å². The number of nitrogens with one attached hydrogen (secondary N) is 2. The van der Waals surface area contributed by atoms with E-state index in [1.54, 1.807) is 17.0 Å². The number of carbonyl (C=O) groups excluding carboxylic acids is 5. The van der Waals surface area contributed by atoms with Crippen molar-refractivity contribution in [2.45, 2.75) is 76.5 Å². The highest BCUT2D eigenvalue weighted by Gasteiger charge is 2.39. The van der Waals surface area contributed by atoms with Crippen LogP contribution in [0.4, 0.5) is 0 Å². The molecule has 0 radical (unpaired) electrons. The maximum atomic E-state index is 12.8. The molecule has 0 bridgehead atoms. The molecule has 41 heavy (non-hydrogen) atoms. The summed E-state index contributed by atoms with van der Waals surface area (Å²) in [4.78, 5) is 64.8. The van der Waals surface area contributed by atoms with E-state index in [1.165, 1.54) is 4.90 Å². The van der Waals surface area contributed by atoms with Gasteiger partial charge in [-0.05, 0) is 55.0 Å². The molecule has 216 valence electrons. The number of nitrogens with zero attached hydrogens (tertiary/aromatic N) is 2. The number of amides is 5. The second-order valence-corrected chi connectivity index (χ2v) is 10.8. The fourth-order valence-corrected chi connectivity index (χ4v) is 5.73.